The highest BCUT2D eigenvalue weighted by Crippen LogP contribution is 2.36. The van der Waals surface area contributed by atoms with Crippen molar-refractivity contribution in [3.63, 3.8) is 0 Å². The Morgan fingerprint density at radius 2 is 1.61 bits per heavy atom. The van der Waals surface area contributed by atoms with Crippen LogP contribution in [0.1, 0.15) is 36.2 Å². The van der Waals surface area contributed by atoms with Crippen molar-refractivity contribution in [3.05, 3.63) is 89.7 Å². The van der Waals surface area contributed by atoms with E-state index in [1.165, 1.54) is 11.3 Å². The minimum absolute atomic E-state index is 0.223. The second kappa shape index (κ2) is 12.7. The Labute approximate surface area is 211 Å². The maximum Gasteiger partial charge on any atom is 0.290 e. The predicted molar refractivity (Wildman–Crippen MR) is 143 cm³/mol. The van der Waals surface area contributed by atoms with Crippen LogP contribution in [0.5, 0.6) is 0 Å². The average Bonchev–Trinajstić information content (AvgIpc) is 3.30. The van der Waals surface area contributed by atoms with Crippen LogP contribution in [0.3, 0.4) is 0 Å². The van der Waals surface area contributed by atoms with Gasteiger partial charge in [0, 0.05) is 49.5 Å². The molecule has 2 N–H and O–H groups in total. The number of carbonyl (C=O) groups is 2. The van der Waals surface area contributed by atoms with Gasteiger partial charge in [0.15, 0.2) is 0 Å². The Morgan fingerprint density at radius 3 is 2.22 bits per heavy atom. The van der Waals surface area contributed by atoms with Gasteiger partial charge in [0.25, 0.3) is 6.47 Å². The molecular formula is C29H33N3O4. The third-order valence-electron chi connectivity index (χ3n) is 6.64. The van der Waals surface area contributed by atoms with E-state index in [-0.39, 0.29) is 12.4 Å². The lowest BCUT2D eigenvalue weighted by molar-refractivity contribution is -0.122. The molecule has 0 radical (unpaired) electrons. The van der Waals surface area contributed by atoms with Crippen LogP contribution in [0.4, 0.5) is 5.69 Å². The number of rotatable bonds is 5. The molecule has 5 rings (SSSR count). The summed E-state index contributed by atoms with van der Waals surface area (Å²) in [6, 6.07) is 25.3. The number of aromatic nitrogens is 2. The van der Waals surface area contributed by atoms with Crippen LogP contribution in [0, 0.1) is 0 Å². The number of benzene rings is 3. The molecule has 1 aliphatic rings. The first-order chi connectivity index (χ1) is 17.6. The summed E-state index contributed by atoms with van der Waals surface area (Å²) in [5.74, 6) is 0.704. The lowest BCUT2D eigenvalue weighted by Crippen LogP contribution is -2.33. The number of fused-ring (bicyclic) bond motifs is 3. The number of anilines is 1. The largest absolute Gasteiger partial charge is 0.483 e. The highest BCUT2D eigenvalue weighted by molar-refractivity contribution is 5.87. The normalized spacial score (nSPS) is 15.0. The number of hydrogen-bond acceptors (Lipinski definition) is 5. The molecule has 36 heavy (non-hydrogen) atoms. The zero-order chi connectivity index (χ0) is 26.1. The van der Waals surface area contributed by atoms with Crippen LogP contribution < -0.4 is 4.90 Å². The summed E-state index contributed by atoms with van der Waals surface area (Å²) in [5.41, 5.74) is 6.87. The second-order valence-electron chi connectivity index (χ2n) is 8.59. The van der Waals surface area contributed by atoms with E-state index in [1.54, 1.807) is 0 Å². The van der Waals surface area contributed by atoms with Crippen LogP contribution in [0.2, 0.25) is 0 Å². The van der Waals surface area contributed by atoms with Gasteiger partial charge in [0.2, 0.25) is 0 Å². The van der Waals surface area contributed by atoms with Crippen molar-refractivity contribution in [3.8, 4) is 5.69 Å². The number of hydrogen-bond donors (Lipinski definition) is 2. The van der Waals surface area contributed by atoms with E-state index in [1.807, 2.05) is 48.5 Å². The van der Waals surface area contributed by atoms with Crippen LogP contribution in [0.15, 0.2) is 72.8 Å². The summed E-state index contributed by atoms with van der Waals surface area (Å²) in [6.07, 6.45) is 3.77. The Balaban J connectivity index is 0.000000674. The molecular weight excluding hydrogens is 454 g/mol. The molecule has 2 heterocycles. The van der Waals surface area contributed by atoms with E-state index in [4.69, 9.17) is 20.0 Å². The molecule has 7 nitrogen and oxygen atoms in total. The van der Waals surface area contributed by atoms with Gasteiger partial charge in [-0.1, -0.05) is 48.5 Å². The smallest absolute Gasteiger partial charge is 0.290 e. The van der Waals surface area contributed by atoms with Gasteiger partial charge < -0.3 is 19.9 Å². The van der Waals surface area contributed by atoms with Crippen molar-refractivity contribution < 1.29 is 19.8 Å². The minimum atomic E-state index is -0.250. The molecule has 0 fully saturated rings. The highest BCUT2D eigenvalue weighted by atomic mass is 16.3. The van der Waals surface area contributed by atoms with Gasteiger partial charge in [0.05, 0.1) is 11.0 Å². The van der Waals surface area contributed by atoms with Gasteiger partial charge in [-0.25, -0.2) is 4.98 Å². The lowest BCUT2D eigenvalue weighted by atomic mass is 9.96. The molecule has 3 aromatic carbocycles. The monoisotopic (exact) mass is 487 g/mol. The van der Waals surface area contributed by atoms with Crippen LogP contribution in [-0.2, 0) is 22.4 Å². The molecule has 0 saturated carbocycles. The number of nitrogens with zero attached hydrogens (tertiary/aromatic N) is 3. The number of carbonyl (C=O) groups excluding carboxylic acids is 1. The third-order valence-corrected chi connectivity index (χ3v) is 6.64. The van der Waals surface area contributed by atoms with E-state index < -0.39 is 0 Å². The highest BCUT2D eigenvalue weighted by Gasteiger charge is 2.26. The van der Waals surface area contributed by atoms with Gasteiger partial charge in [-0.2, -0.15) is 0 Å². The maximum absolute atomic E-state index is 12.0. The summed E-state index contributed by atoms with van der Waals surface area (Å²) in [4.78, 5) is 27.9. The number of aliphatic hydroxyl groups is 1. The first-order valence-corrected chi connectivity index (χ1v) is 11.9. The average molecular weight is 488 g/mol. The minimum Gasteiger partial charge on any atom is -0.483 e. The quantitative estimate of drug-likeness (QED) is 0.399. The molecule has 0 aliphatic carbocycles. The Bertz CT molecular complexity index is 1270. The van der Waals surface area contributed by atoms with Crippen molar-refractivity contribution in [2.24, 2.45) is 0 Å². The number of aryl methyl sites for hydroxylation is 1. The first-order valence-electron chi connectivity index (χ1n) is 11.9. The third kappa shape index (κ3) is 5.47. The van der Waals surface area contributed by atoms with Crippen molar-refractivity contribution in [1.29, 1.82) is 0 Å². The fourth-order valence-electron chi connectivity index (χ4n) is 4.74. The number of carboxylic acid groups (broad SMARTS) is 1. The van der Waals surface area contributed by atoms with Crippen molar-refractivity contribution in [1.82, 2.24) is 9.55 Å². The van der Waals surface area contributed by atoms with Gasteiger partial charge in [-0.05, 0) is 49.6 Å². The van der Waals surface area contributed by atoms with E-state index in [2.05, 4.69) is 47.7 Å². The lowest BCUT2D eigenvalue weighted by Gasteiger charge is -2.33. The van der Waals surface area contributed by atoms with E-state index >= 15 is 0 Å². The Kier molecular flexibility index (Phi) is 9.36. The fourth-order valence-corrected chi connectivity index (χ4v) is 4.74. The van der Waals surface area contributed by atoms with Gasteiger partial charge in [-0.3, -0.25) is 9.36 Å². The molecule has 1 aliphatic heterocycles. The van der Waals surface area contributed by atoms with Gasteiger partial charge >= 0.3 is 0 Å². The summed E-state index contributed by atoms with van der Waals surface area (Å²) < 4.78 is 2.23. The topological polar surface area (TPSA) is 95.7 Å². The van der Waals surface area contributed by atoms with Crippen molar-refractivity contribution >= 4 is 29.5 Å². The molecule has 2 unspecified atom stereocenters. The molecule has 0 amide bonds. The van der Waals surface area contributed by atoms with E-state index in [0.717, 1.165) is 54.3 Å². The van der Waals surface area contributed by atoms with Crippen LogP contribution in [0.25, 0.3) is 16.7 Å². The molecule has 0 saturated heterocycles. The molecule has 0 spiro atoms. The van der Waals surface area contributed by atoms with Gasteiger partial charge in [-0.15, -0.1) is 0 Å². The summed E-state index contributed by atoms with van der Waals surface area (Å²) >= 11 is 0. The van der Waals surface area contributed by atoms with E-state index in [0.29, 0.717) is 12.5 Å². The standard InChI is InChI=1S/C27H27N3O.CH2O2.CH4O/c1-19-13-14-23-24(29(19)2)15-16-25-27(23)28-26(30(25)22-11-7-4-8-12-22)17-21(18-31)20-9-5-3-6-10-20;2-1-3;1-2/h3-12,15-16,18-19,21H,13-14,17H2,1-2H3;1H,(H,2,3);2H,1H3. The molecule has 4 aromatic rings. The molecule has 2 atom stereocenters. The SMILES string of the molecule is CC1CCc2c(ccc3c2nc(CC(C=O)c2ccccc2)n3-c2ccccc2)N1C.CO.O=CO. The van der Waals surface area contributed by atoms with Crippen molar-refractivity contribution in [2.75, 3.05) is 19.1 Å². The van der Waals surface area contributed by atoms with Crippen LogP contribution in [-0.4, -0.2) is 52.7 Å². The van der Waals surface area contributed by atoms with Crippen LogP contribution >= 0.6 is 0 Å². The van der Waals surface area contributed by atoms with Crippen molar-refractivity contribution in [2.45, 2.75) is 38.1 Å². The summed E-state index contributed by atoms with van der Waals surface area (Å²) in [6.45, 7) is 2.02. The zero-order valence-corrected chi connectivity index (χ0v) is 20.9. The molecule has 0 bridgehead atoms. The number of para-hydroxylation sites is 1. The number of imidazole rings is 1. The fraction of sp³-hybridized carbons (Fsp3) is 0.276. The number of aldehydes is 1. The zero-order valence-electron chi connectivity index (χ0n) is 20.9. The second-order valence-corrected chi connectivity index (χ2v) is 8.59. The number of aliphatic hydroxyl groups excluding tert-OH is 1. The Hall–Kier alpha value is -3.97. The maximum atomic E-state index is 12.0. The molecule has 1 aromatic heterocycles. The Morgan fingerprint density at radius 1 is 1.00 bits per heavy atom. The molecule has 188 valence electrons. The first kappa shape index (κ1) is 26.6. The van der Waals surface area contributed by atoms with E-state index in [9.17, 15) is 4.79 Å². The van der Waals surface area contributed by atoms with Gasteiger partial charge in [0.1, 0.15) is 12.1 Å². The summed E-state index contributed by atoms with van der Waals surface area (Å²) in [7, 11) is 3.17. The predicted octanol–water partition coefficient (Wildman–Crippen LogP) is 4.63. The summed E-state index contributed by atoms with van der Waals surface area (Å²) in [5, 5.41) is 13.9. The molecule has 7 heteroatoms.